The van der Waals surface area contributed by atoms with Crippen LogP contribution in [0.25, 0.3) is 11.1 Å². The van der Waals surface area contributed by atoms with Crippen LogP contribution in [0.4, 0.5) is 10.1 Å². The third-order valence-corrected chi connectivity index (χ3v) is 6.79. The number of Topliss-reactive ketones (excluding diaryl/α,β-unsaturated/α-hetero) is 1. The van der Waals surface area contributed by atoms with E-state index in [0.29, 0.717) is 29.7 Å². The first-order valence-corrected chi connectivity index (χ1v) is 12.3. The summed E-state index contributed by atoms with van der Waals surface area (Å²) in [5.41, 5.74) is 3.29. The van der Waals surface area contributed by atoms with Gasteiger partial charge in [0.25, 0.3) is 10.0 Å². The number of aromatic nitrogens is 1. The smallest absolute Gasteiger partial charge is 0.262 e. The first-order valence-electron chi connectivity index (χ1n) is 10.8. The molecule has 4 aromatic rings. The van der Waals surface area contributed by atoms with Crippen LogP contribution < -0.4 is 4.72 Å². The van der Waals surface area contributed by atoms with Crippen LogP contribution in [0.2, 0.25) is 0 Å². The van der Waals surface area contributed by atoms with Crippen molar-refractivity contribution in [1.82, 2.24) is 4.98 Å². The molecule has 3 aromatic carbocycles. The number of aryl methyl sites for hydroxylation is 1. The number of pyridine rings is 1. The summed E-state index contributed by atoms with van der Waals surface area (Å²) in [6.45, 7) is 0. The normalized spacial score (nSPS) is 11.2. The summed E-state index contributed by atoms with van der Waals surface area (Å²) >= 11 is 0. The van der Waals surface area contributed by atoms with Crippen molar-refractivity contribution in [3.63, 3.8) is 0 Å². The van der Waals surface area contributed by atoms with Gasteiger partial charge in [-0.25, -0.2) is 12.8 Å². The van der Waals surface area contributed by atoms with E-state index in [1.165, 1.54) is 18.2 Å². The summed E-state index contributed by atoms with van der Waals surface area (Å²) in [6.07, 6.45) is 4.78. The molecule has 0 aliphatic heterocycles. The summed E-state index contributed by atoms with van der Waals surface area (Å²) < 4.78 is 42.1. The maximum atomic E-state index is 13.3. The molecule has 0 aliphatic carbocycles. The van der Waals surface area contributed by atoms with E-state index in [-0.39, 0.29) is 17.1 Å². The number of ketones is 1. The minimum absolute atomic E-state index is 0.0938. The van der Waals surface area contributed by atoms with Crippen LogP contribution in [-0.4, -0.2) is 19.2 Å². The third kappa shape index (κ3) is 5.94. The van der Waals surface area contributed by atoms with Crippen molar-refractivity contribution in [2.75, 3.05) is 4.72 Å². The van der Waals surface area contributed by atoms with Crippen molar-refractivity contribution < 1.29 is 17.6 Å². The van der Waals surface area contributed by atoms with Crippen molar-refractivity contribution in [3.05, 3.63) is 114 Å². The molecule has 7 heteroatoms. The molecule has 0 radical (unpaired) electrons. The standard InChI is InChI=1S/C27H23FN2O3S/c28-23-12-10-22(11-13-23)26-5-1-2-6-27(26)34(32,33)30-24-14-7-20(8-15-24)18-25(31)16-9-21-4-3-17-29-19-21/h1-8,10-15,17,19,30H,9,16,18H2. The fourth-order valence-corrected chi connectivity index (χ4v) is 4.90. The van der Waals surface area contributed by atoms with Gasteiger partial charge in [0.2, 0.25) is 0 Å². The number of nitrogens with zero attached hydrogens (tertiary/aromatic N) is 1. The zero-order chi connectivity index (χ0) is 24.0. The van der Waals surface area contributed by atoms with E-state index in [0.717, 1.165) is 11.1 Å². The summed E-state index contributed by atoms with van der Waals surface area (Å²) in [5, 5.41) is 0. The lowest BCUT2D eigenvalue weighted by atomic mass is 10.0. The van der Waals surface area contributed by atoms with Crippen molar-refractivity contribution in [2.24, 2.45) is 0 Å². The van der Waals surface area contributed by atoms with E-state index >= 15 is 0 Å². The molecule has 4 rings (SSSR count). The molecule has 1 aromatic heterocycles. The molecular weight excluding hydrogens is 451 g/mol. The molecular formula is C27H23FN2O3S. The number of sulfonamides is 1. The fraction of sp³-hybridized carbons (Fsp3) is 0.111. The van der Waals surface area contributed by atoms with E-state index in [1.807, 2.05) is 12.1 Å². The number of benzene rings is 3. The zero-order valence-corrected chi connectivity index (χ0v) is 19.1. The number of hydrogen-bond donors (Lipinski definition) is 1. The minimum Gasteiger partial charge on any atom is -0.299 e. The van der Waals surface area contributed by atoms with Gasteiger partial charge in [0.05, 0.1) is 4.90 Å². The Kier molecular flexibility index (Phi) is 7.13. The van der Waals surface area contributed by atoms with Crippen LogP contribution in [0.3, 0.4) is 0 Å². The highest BCUT2D eigenvalue weighted by Gasteiger charge is 2.19. The van der Waals surface area contributed by atoms with E-state index in [4.69, 9.17) is 0 Å². The Morgan fingerprint density at radius 1 is 0.853 bits per heavy atom. The average molecular weight is 475 g/mol. The van der Waals surface area contributed by atoms with Gasteiger partial charge in [-0.2, -0.15) is 0 Å². The number of anilines is 1. The average Bonchev–Trinajstić information content (AvgIpc) is 2.85. The minimum atomic E-state index is -3.89. The molecule has 0 atom stereocenters. The second-order valence-corrected chi connectivity index (χ2v) is 9.53. The highest BCUT2D eigenvalue weighted by atomic mass is 32.2. The Hall–Kier alpha value is -3.84. The predicted molar refractivity (Wildman–Crippen MR) is 130 cm³/mol. The van der Waals surface area contributed by atoms with Gasteiger partial charge in [-0.15, -0.1) is 0 Å². The van der Waals surface area contributed by atoms with Gasteiger partial charge in [-0.3, -0.25) is 14.5 Å². The zero-order valence-electron chi connectivity index (χ0n) is 18.3. The molecule has 1 heterocycles. The molecule has 5 nitrogen and oxygen atoms in total. The van der Waals surface area contributed by atoms with Crippen molar-refractivity contribution in [3.8, 4) is 11.1 Å². The number of carbonyl (C=O) groups excluding carboxylic acids is 1. The Labute approximate surface area is 198 Å². The topological polar surface area (TPSA) is 76.1 Å². The predicted octanol–water partition coefficient (Wildman–Crippen LogP) is 5.43. The molecule has 0 saturated carbocycles. The summed E-state index contributed by atoms with van der Waals surface area (Å²) in [7, 11) is -3.89. The van der Waals surface area contributed by atoms with Crippen LogP contribution >= 0.6 is 0 Å². The van der Waals surface area contributed by atoms with Gasteiger partial charge in [-0.1, -0.05) is 48.5 Å². The lowest BCUT2D eigenvalue weighted by Gasteiger charge is -2.13. The molecule has 34 heavy (non-hydrogen) atoms. The van der Waals surface area contributed by atoms with Crippen molar-refractivity contribution in [1.29, 1.82) is 0 Å². The van der Waals surface area contributed by atoms with E-state index in [9.17, 15) is 17.6 Å². The molecule has 0 saturated heterocycles. The van der Waals surface area contributed by atoms with Gasteiger partial charge < -0.3 is 0 Å². The number of halogens is 1. The molecule has 0 bridgehead atoms. The highest BCUT2D eigenvalue weighted by Crippen LogP contribution is 2.29. The monoisotopic (exact) mass is 474 g/mol. The van der Waals surface area contributed by atoms with Gasteiger partial charge >= 0.3 is 0 Å². The first kappa shape index (κ1) is 23.3. The Balaban J connectivity index is 1.43. The summed E-state index contributed by atoms with van der Waals surface area (Å²) in [5.74, 6) is -0.289. The third-order valence-electron chi connectivity index (χ3n) is 5.35. The molecule has 0 aliphatic rings. The lowest BCUT2D eigenvalue weighted by molar-refractivity contribution is -0.118. The molecule has 0 amide bonds. The maximum absolute atomic E-state index is 13.3. The van der Waals surface area contributed by atoms with Crippen molar-refractivity contribution >= 4 is 21.5 Å². The Bertz CT molecular complexity index is 1370. The quantitative estimate of drug-likeness (QED) is 0.351. The summed E-state index contributed by atoms with van der Waals surface area (Å²) in [4.78, 5) is 16.5. The Morgan fingerprint density at radius 2 is 1.59 bits per heavy atom. The van der Waals surface area contributed by atoms with Crippen LogP contribution in [0, 0.1) is 5.82 Å². The number of nitrogens with one attached hydrogen (secondary N) is 1. The number of carbonyl (C=O) groups is 1. The van der Waals surface area contributed by atoms with Gasteiger partial charge in [0, 0.05) is 36.5 Å². The van der Waals surface area contributed by atoms with Gasteiger partial charge in [-0.05, 0) is 59.5 Å². The van der Waals surface area contributed by atoms with Crippen LogP contribution in [-0.2, 0) is 27.7 Å². The number of hydrogen-bond acceptors (Lipinski definition) is 4. The SMILES string of the molecule is O=C(CCc1cccnc1)Cc1ccc(NS(=O)(=O)c2ccccc2-c2ccc(F)cc2)cc1. The van der Waals surface area contributed by atoms with E-state index < -0.39 is 15.8 Å². The van der Waals surface area contributed by atoms with Gasteiger partial charge in [0.15, 0.2) is 0 Å². The number of rotatable bonds is 9. The largest absolute Gasteiger partial charge is 0.299 e. The summed E-state index contributed by atoms with van der Waals surface area (Å²) in [6, 6.07) is 22.8. The van der Waals surface area contributed by atoms with E-state index in [2.05, 4.69) is 9.71 Å². The van der Waals surface area contributed by atoms with Crippen LogP contribution in [0.5, 0.6) is 0 Å². The van der Waals surface area contributed by atoms with Crippen molar-refractivity contribution in [2.45, 2.75) is 24.2 Å². The molecule has 0 unspecified atom stereocenters. The molecule has 172 valence electrons. The second-order valence-electron chi connectivity index (χ2n) is 7.88. The lowest BCUT2D eigenvalue weighted by Crippen LogP contribution is -2.14. The maximum Gasteiger partial charge on any atom is 0.262 e. The molecule has 1 N–H and O–H groups in total. The molecule has 0 spiro atoms. The molecule has 0 fully saturated rings. The first-order chi connectivity index (χ1) is 16.4. The Morgan fingerprint density at radius 3 is 2.29 bits per heavy atom. The van der Waals surface area contributed by atoms with E-state index in [1.54, 1.807) is 67.0 Å². The van der Waals surface area contributed by atoms with Gasteiger partial charge in [0.1, 0.15) is 11.6 Å². The second kappa shape index (κ2) is 10.4. The van der Waals surface area contributed by atoms with Crippen LogP contribution in [0.1, 0.15) is 17.5 Å². The highest BCUT2D eigenvalue weighted by molar-refractivity contribution is 7.92. The van der Waals surface area contributed by atoms with Crippen LogP contribution in [0.15, 0.2) is 102 Å². The fourth-order valence-electron chi connectivity index (χ4n) is 3.62.